The van der Waals surface area contributed by atoms with E-state index in [0.717, 1.165) is 13.2 Å². The molecule has 16 heavy (non-hydrogen) atoms. The molecule has 0 radical (unpaired) electrons. The number of hydrogen-bond acceptors (Lipinski definition) is 3. The molecule has 3 rings (SSSR count). The Balaban J connectivity index is 1.71. The molecular weight excluding hydrogens is 200 g/mol. The van der Waals surface area contributed by atoms with E-state index in [0.29, 0.717) is 16.9 Å². The maximum Gasteiger partial charge on any atom is 0.0559 e. The number of likely N-dealkylation sites (tertiary alicyclic amines) is 1. The summed E-state index contributed by atoms with van der Waals surface area (Å²) in [4.78, 5) is 2.56. The van der Waals surface area contributed by atoms with Crippen LogP contribution in [-0.2, 0) is 4.74 Å². The van der Waals surface area contributed by atoms with E-state index in [4.69, 9.17) is 10.5 Å². The van der Waals surface area contributed by atoms with Gasteiger partial charge in [0.25, 0.3) is 0 Å². The number of nitrogens with zero attached hydrogens (tertiary/aromatic N) is 1. The molecule has 0 aromatic rings. The molecule has 2 N–H and O–H groups in total. The molecule has 0 aromatic heterocycles. The van der Waals surface area contributed by atoms with Gasteiger partial charge in [-0.2, -0.15) is 0 Å². The molecule has 1 atom stereocenters. The zero-order valence-corrected chi connectivity index (χ0v) is 10.4. The first-order chi connectivity index (χ1) is 7.71. The summed E-state index contributed by atoms with van der Waals surface area (Å²) < 4.78 is 5.42. The molecule has 1 aliphatic carbocycles. The number of piperidine rings is 1. The first-order valence-corrected chi connectivity index (χ1v) is 6.77. The molecule has 2 aliphatic heterocycles. The van der Waals surface area contributed by atoms with Gasteiger partial charge in [0.2, 0.25) is 0 Å². The van der Waals surface area contributed by atoms with Crippen LogP contribution in [0, 0.1) is 10.8 Å². The van der Waals surface area contributed by atoms with Crippen molar-refractivity contribution in [3.05, 3.63) is 0 Å². The van der Waals surface area contributed by atoms with Crippen molar-refractivity contribution in [2.45, 2.75) is 38.6 Å². The minimum Gasteiger partial charge on any atom is -0.380 e. The molecule has 1 saturated carbocycles. The van der Waals surface area contributed by atoms with E-state index in [9.17, 15) is 0 Å². The molecule has 3 nitrogen and oxygen atoms in total. The lowest BCUT2D eigenvalue weighted by molar-refractivity contribution is -0.126. The molecule has 0 amide bonds. The van der Waals surface area contributed by atoms with E-state index < -0.39 is 0 Å². The van der Waals surface area contributed by atoms with Crippen molar-refractivity contribution in [1.82, 2.24) is 4.90 Å². The fourth-order valence-electron chi connectivity index (χ4n) is 4.02. The quantitative estimate of drug-likeness (QED) is 0.728. The molecule has 0 aromatic carbocycles. The smallest absolute Gasteiger partial charge is 0.0559 e. The Bertz CT molecular complexity index is 267. The Morgan fingerprint density at radius 3 is 2.19 bits per heavy atom. The van der Waals surface area contributed by atoms with Crippen LogP contribution in [0.5, 0.6) is 0 Å². The van der Waals surface area contributed by atoms with Crippen molar-refractivity contribution in [2.75, 3.05) is 32.8 Å². The summed E-state index contributed by atoms with van der Waals surface area (Å²) in [5.41, 5.74) is 7.40. The van der Waals surface area contributed by atoms with E-state index in [1.165, 1.54) is 45.3 Å². The molecule has 0 bridgehead atoms. The highest BCUT2D eigenvalue weighted by Crippen LogP contribution is 2.56. The van der Waals surface area contributed by atoms with Crippen LogP contribution >= 0.6 is 0 Å². The Morgan fingerprint density at radius 2 is 1.75 bits per heavy atom. The maximum absolute atomic E-state index is 6.57. The standard InChI is InChI=1S/C13H24N2O/c1-2-15-7-5-12(6-8-15)3-4-13(11(12)14)9-16-10-13/h11H,2-10,14H2,1H3. The summed E-state index contributed by atoms with van der Waals surface area (Å²) in [5.74, 6) is 0. The monoisotopic (exact) mass is 224 g/mol. The van der Waals surface area contributed by atoms with Gasteiger partial charge < -0.3 is 15.4 Å². The van der Waals surface area contributed by atoms with Gasteiger partial charge in [0.1, 0.15) is 0 Å². The molecule has 92 valence electrons. The van der Waals surface area contributed by atoms with Crippen LogP contribution in [0.15, 0.2) is 0 Å². The zero-order chi connectivity index (χ0) is 11.2. The largest absolute Gasteiger partial charge is 0.380 e. The first-order valence-electron chi connectivity index (χ1n) is 6.77. The average Bonchev–Trinajstić information content (AvgIpc) is 2.55. The van der Waals surface area contributed by atoms with E-state index in [1.807, 2.05) is 0 Å². The summed E-state index contributed by atoms with van der Waals surface area (Å²) >= 11 is 0. The Labute approximate surface area is 98.3 Å². The summed E-state index contributed by atoms with van der Waals surface area (Å²) in [6.07, 6.45) is 5.27. The summed E-state index contributed by atoms with van der Waals surface area (Å²) in [5, 5.41) is 0. The second-order valence-corrected chi connectivity index (χ2v) is 6.13. The Kier molecular flexibility index (Phi) is 2.54. The van der Waals surface area contributed by atoms with Crippen LogP contribution in [-0.4, -0.2) is 43.8 Å². The average molecular weight is 224 g/mol. The van der Waals surface area contributed by atoms with Crippen LogP contribution in [0.25, 0.3) is 0 Å². The minimum absolute atomic E-state index is 0.369. The highest BCUT2D eigenvalue weighted by atomic mass is 16.5. The normalized spacial score (nSPS) is 36.8. The van der Waals surface area contributed by atoms with Gasteiger partial charge >= 0.3 is 0 Å². The first kappa shape index (κ1) is 11.0. The van der Waals surface area contributed by atoms with E-state index in [1.54, 1.807) is 0 Å². The molecule has 3 fully saturated rings. The van der Waals surface area contributed by atoms with Gasteiger partial charge in [-0.15, -0.1) is 0 Å². The number of rotatable bonds is 1. The lowest BCUT2D eigenvalue weighted by Gasteiger charge is -2.48. The van der Waals surface area contributed by atoms with Crippen molar-refractivity contribution in [1.29, 1.82) is 0 Å². The number of hydrogen-bond donors (Lipinski definition) is 1. The fraction of sp³-hybridized carbons (Fsp3) is 1.00. The van der Waals surface area contributed by atoms with Gasteiger partial charge in [-0.05, 0) is 50.7 Å². The van der Waals surface area contributed by atoms with Crippen LogP contribution in [0.3, 0.4) is 0 Å². The molecule has 3 heteroatoms. The number of nitrogens with two attached hydrogens (primary N) is 1. The van der Waals surface area contributed by atoms with Gasteiger partial charge in [0, 0.05) is 11.5 Å². The predicted molar refractivity (Wildman–Crippen MR) is 64.2 cm³/mol. The molecular formula is C13H24N2O. The fourth-order valence-corrected chi connectivity index (χ4v) is 4.02. The van der Waals surface area contributed by atoms with Crippen molar-refractivity contribution in [2.24, 2.45) is 16.6 Å². The van der Waals surface area contributed by atoms with Gasteiger partial charge in [-0.1, -0.05) is 6.92 Å². The van der Waals surface area contributed by atoms with Gasteiger partial charge in [-0.25, -0.2) is 0 Å². The van der Waals surface area contributed by atoms with Gasteiger partial charge in [-0.3, -0.25) is 0 Å². The predicted octanol–water partition coefficient (Wildman–Crippen LogP) is 1.23. The highest BCUT2D eigenvalue weighted by molar-refractivity contribution is 5.11. The summed E-state index contributed by atoms with van der Waals surface area (Å²) in [6.45, 7) is 7.80. The van der Waals surface area contributed by atoms with E-state index >= 15 is 0 Å². The third-order valence-electron chi connectivity index (χ3n) is 5.52. The summed E-state index contributed by atoms with van der Waals surface area (Å²) in [7, 11) is 0. The summed E-state index contributed by atoms with van der Waals surface area (Å²) in [6, 6.07) is 0.396. The van der Waals surface area contributed by atoms with Crippen molar-refractivity contribution < 1.29 is 4.74 Å². The Morgan fingerprint density at radius 1 is 1.12 bits per heavy atom. The Hall–Kier alpha value is -0.120. The highest BCUT2D eigenvalue weighted by Gasteiger charge is 2.58. The van der Waals surface area contributed by atoms with Crippen LogP contribution in [0.4, 0.5) is 0 Å². The van der Waals surface area contributed by atoms with Crippen LogP contribution in [0.1, 0.15) is 32.6 Å². The van der Waals surface area contributed by atoms with Crippen LogP contribution < -0.4 is 5.73 Å². The zero-order valence-electron chi connectivity index (χ0n) is 10.4. The second kappa shape index (κ2) is 3.69. The maximum atomic E-state index is 6.57. The molecule has 2 spiro atoms. The van der Waals surface area contributed by atoms with Crippen molar-refractivity contribution >= 4 is 0 Å². The van der Waals surface area contributed by atoms with Crippen molar-refractivity contribution in [3.63, 3.8) is 0 Å². The lowest BCUT2D eigenvalue weighted by atomic mass is 9.69. The molecule has 2 saturated heterocycles. The van der Waals surface area contributed by atoms with Gasteiger partial charge in [0.05, 0.1) is 13.2 Å². The van der Waals surface area contributed by atoms with Crippen LogP contribution in [0.2, 0.25) is 0 Å². The topological polar surface area (TPSA) is 38.5 Å². The van der Waals surface area contributed by atoms with Crippen molar-refractivity contribution in [3.8, 4) is 0 Å². The molecule has 1 unspecified atom stereocenters. The molecule has 3 aliphatic rings. The third-order valence-corrected chi connectivity index (χ3v) is 5.52. The SMILES string of the molecule is CCN1CCC2(CC1)CCC1(COC1)C2N. The van der Waals surface area contributed by atoms with Gasteiger partial charge in [0.15, 0.2) is 0 Å². The minimum atomic E-state index is 0.369. The van der Waals surface area contributed by atoms with E-state index in [2.05, 4.69) is 11.8 Å². The second-order valence-electron chi connectivity index (χ2n) is 6.13. The number of ether oxygens (including phenoxy) is 1. The molecule has 2 heterocycles. The lowest BCUT2D eigenvalue weighted by Crippen LogP contribution is -2.58. The third kappa shape index (κ3) is 1.38. The van der Waals surface area contributed by atoms with E-state index in [-0.39, 0.29) is 0 Å².